The molecule has 12 heavy (non-hydrogen) atoms. The summed E-state index contributed by atoms with van der Waals surface area (Å²) in [4.78, 5) is 0. The minimum absolute atomic E-state index is 0.530. The molecule has 0 saturated carbocycles. The molecule has 0 aromatic heterocycles. The van der Waals surface area contributed by atoms with Gasteiger partial charge in [0.1, 0.15) is 11.2 Å². The number of hydrogen-bond acceptors (Lipinski definition) is 2. The van der Waals surface area contributed by atoms with Crippen LogP contribution >= 0.6 is 0 Å². The van der Waals surface area contributed by atoms with Gasteiger partial charge in [-0.1, -0.05) is 12.7 Å². The van der Waals surface area contributed by atoms with Crippen molar-refractivity contribution in [1.29, 1.82) is 0 Å². The molecule has 0 aromatic carbocycles. The van der Waals surface area contributed by atoms with Gasteiger partial charge < -0.3 is 9.31 Å². The van der Waals surface area contributed by atoms with E-state index < -0.39 is 11.2 Å². The largest absolute Gasteiger partial charge is 0.489 e. The van der Waals surface area contributed by atoms with Crippen LogP contribution in [0.1, 0.15) is 13.8 Å². The summed E-state index contributed by atoms with van der Waals surface area (Å²) in [7, 11) is 1.33. The summed E-state index contributed by atoms with van der Waals surface area (Å²) < 4.78 is 10.6. The second-order valence-electron chi connectivity index (χ2n) is 3.10. The molecule has 1 saturated heterocycles. The van der Waals surface area contributed by atoms with Crippen LogP contribution in [0.2, 0.25) is 0 Å². The SMILES string of the molecule is C=C=C[C@]1(C)O[B]O[C@]1(C)C=C. The van der Waals surface area contributed by atoms with Crippen molar-refractivity contribution in [3.63, 3.8) is 0 Å². The lowest BCUT2D eigenvalue weighted by Crippen LogP contribution is -2.43. The normalized spacial score (nSPS) is 39.8. The number of hydrogen-bond donors (Lipinski definition) is 0. The van der Waals surface area contributed by atoms with Crippen molar-refractivity contribution in [3.8, 4) is 0 Å². The van der Waals surface area contributed by atoms with Crippen molar-refractivity contribution in [2.75, 3.05) is 0 Å². The molecule has 3 heteroatoms. The lowest BCUT2D eigenvalue weighted by atomic mass is 9.86. The van der Waals surface area contributed by atoms with Crippen LogP contribution < -0.4 is 0 Å². The fraction of sp³-hybridized carbons (Fsp3) is 0.444. The van der Waals surface area contributed by atoms with E-state index in [4.69, 9.17) is 9.31 Å². The van der Waals surface area contributed by atoms with Crippen molar-refractivity contribution in [2.45, 2.75) is 25.0 Å². The summed E-state index contributed by atoms with van der Waals surface area (Å²) >= 11 is 0. The Morgan fingerprint density at radius 1 is 1.33 bits per heavy atom. The minimum atomic E-state index is -0.545. The van der Waals surface area contributed by atoms with Crippen molar-refractivity contribution in [1.82, 2.24) is 0 Å². The molecule has 0 spiro atoms. The van der Waals surface area contributed by atoms with E-state index in [0.717, 1.165) is 0 Å². The molecule has 1 aliphatic heterocycles. The summed E-state index contributed by atoms with van der Waals surface area (Å²) in [5, 5.41) is 0. The van der Waals surface area contributed by atoms with Crippen LogP contribution in [0.4, 0.5) is 0 Å². The highest BCUT2D eigenvalue weighted by Crippen LogP contribution is 2.36. The predicted molar refractivity (Wildman–Crippen MR) is 48.6 cm³/mol. The van der Waals surface area contributed by atoms with Gasteiger partial charge in [0, 0.05) is 0 Å². The van der Waals surface area contributed by atoms with Crippen molar-refractivity contribution in [2.24, 2.45) is 0 Å². The Morgan fingerprint density at radius 2 is 1.92 bits per heavy atom. The highest BCUT2D eigenvalue weighted by Gasteiger charge is 2.48. The maximum atomic E-state index is 5.31. The van der Waals surface area contributed by atoms with Gasteiger partial charge in [-0.25, -0.2) is 0 Å². The van der Waals surface area contributed by atoms with Crippen LogP contribution in [0.15, 0.2) is 31.0 Å². The van der Waals surface area contributed by atoms with Crippen molar-refractivity contribution < 1.29 is 9.31 Å². The first-order valence-corrected chi connectivity index (χ1v) is 3.76. The van der Waals surface area contributed by atoms with Gasteiger partial charge in [0.05, 0.1) is 0 Å². The Balaban J connectivity index is 3.03. The maximum Gasteiger partial charge on any atom is 0.489 e. The summed E-state index contributed by atoms with van der Waals surface area (Å²) in [5.74, 6) is 0. The van der Waals surface area contributed by atoms with Gasteiger partial charge in [0.15, 0.2) is 0 Å². The standard InChI is InChI=1S/C9H12BO2/c1-5-7-9(4)8(3,6-2)11-10-12-9/h6-7H,1-2H2,3-4H3/t8-,9+/m1/s1. The van der Waals surface area contributed by atoms with Crippen LogP contribution in [0, 0.1) is 0 Å². The van der Waals surface area contributed by atoms with Crippen LogP contribution in [0.5, 0.6) is 0 Å². The van der Waals surface area contributed by atoms with Crippen LogP contribution in [-0.4, -0.2) is 18.9 Å². The van der Waals surface area contributed by atoms with E-state index in [0.29, 0.717) is 0 Å². The van der Waals surface area contributed by atoms with Gasteiger partial charge in [0.25, 0.3) is 0 Å². The zero-order valence-corrected chi connectivity index (χ0v) is 7.46. The molecule has 0 N–H and O–H groups in total. The summed E-state index contributed by atoms with van der Waals surface area (Å²) in [6.07, 6.45) is 3.45. The molecule has 0 amide bonds. The third kappa shape index (κ3) is 1.16. The molecule has 0 unspecified atom stereocenters. The summed E-state index contributed by atoms with van der Waals surface area (Å²) in [6.45, 7) is 11.0. The molecule has 2 nitrogen and oxygen atoms in total. The predicted octanol–water partition coefficient (Wildman–Crippen LogP) is 1.61. The second-order valence-corrected chi connectivity index (χ2v) is 3.10. The van der Waals surface area contributed by atoms with Crippen LogP contribution in [0.25, 0.3) is 0 Å². The molecule has 0 aliphatic carbocycles. The second kappa shape index (κ2) is 2.94. The fourth-order valence-electron chi connectivity index (χ4n) is 1.08. The molecular weight excluding hydrogens is 151 g/mol. The van der Waals surface area contributed by atoms with Gasteiger partial charge in [-0.2, -0.15) is 0 Å². The Labute approximate surface area is 73.9 Å². The summed E-state index contributed by atoms with van der Waals surface area (Å²) in [6, 6.07) is 0. The number of rotatable bonds is 2. The molecular formula is C9H12BO2. The van der Waals surface area contributed by atoms with E-state index in [1.165, 1.54) is 7.69 Å². The highest BCUT2D eigenvalue weighted by molar-refractivity contribution is 6.19. The van der Waals surface area contributed by atoms with E-state index in [-0.39, 0.29) is 0 Å². The summed E-state index contributed by atoms with van der Waals surface area (Å²) in [5.41, 5.74) is 1.62. The average Bonchev–Trinajstić information content (AvgIpc) is 2.30. The molecule has 1 heterocycles. The van der Waals surface area contributed by atoms with Gasteiger partial charge >= 0.3 is 7.69 Å². The first-order chi connectivity index (χ1) is 5.58. The highest BCUT2D eigenvalue weighted by atomic mass is 16.7. The van der Waals surface area contributed by atoms with Gasteiger partial charge in [-0.05, 0) is 19.9 Å². The Hall–Kier alpha value is -0.755. The smallest absolute Gasteiger partial charge is 0.401 e. The molecule has 63 valence electrons. The zero-order chi connectivity index (χ0) is 9.24. The van der Waals surface area contributed by atoms with Crippen LogP contribution in [-0.2, 0) is 9.31 Å². The lowest BCUT2D eigenvalue weighted by molar-refractivity contribution is 0.0535. The topological polar surface area (TPSA) is 18.5 Å². The van der Waals surface area contributed by atoms with E-state index >= 15 is 0 Å². The molecule has 1 radical (unpaired) electrons. The molecule has 0 bridgehead atoms. The van der Waals surface area contributed by atoms with Gasteiger partial charge in [0.2, 0.25) is 0 Å². The Bertz CT molecular complexity index is 245. The third-order valence-electron chi connectivity index (χ3n) is 2.34. The monoisotopic (exact) mass is 163 g/mol. The first-order valence-electron chi connectivity index (χ1n) is 3.76. The van der Waals surface area contributed by atoms with Crippen molar-refractivity contribution in [3.05, 3.63) is 31.0 Å². The Morgan fingerprint density at radius 3 is 2.42 bits per heavy atom. The zero-order valence-electron chi connectivity index (χ0n) is 7.46. The minimum Gasteiger partial charge on any atom is -0.401 e. The molecule has 1 rings (SSSR count). The third-order valence-corrected chi connectivity index (χ3v) is 2.34. The van der Waals surface area contributed by atoms with E-state index in [2.05, 4.69) is 18.9 Å². The molecule has 2 atom stereocenters. The molecule has 0 aromatic rings. The lowest BCUT2D eigenvalue weighted by Gasteiger charge is -2.33. The Kier molecular flexibility index (Phi) is 2.29. The van der Waals surface area contributed by atoms with Crippen molar-refractivity contribution >= 4 is 7.69 Å². The maximum absolute atomic E-state index is 5.31. The van der Waals surface area contributed by atoms with E-state index in [1.54, 1.807) is 12.2 Å². The van der Waals surface area contributed by atoms with Crippen LogP contribution in [0.3, 0.4) is 0 Å². The van der Waals surface area contributed by atoms with E-state index in [1.807, 2.05) is 13.8 Å². The van der Waals surface area contributed by atoms with Gasteiger partial charge in [-0.15, -0.1) is 12.3 Å². The quantitative estimate of drug-likeness (QED) is 0.349. The van der Waals surface area contributed by atoms with E-state index in [9.17, 15) is 0 Å². The van der Waals surface area contributed by atoms with Gasteiger partial charge in [-0.3, -0.25) is 0 Å². The molecule has 1 aliphatic rings. The molecule has 1 fully saturated rings. The fourth-order valence-corrected chi connectivity index (χ4v) is 1.08. The average molecular weight is 163 g/mol. The first kappa shape index (κ1) is 9.33.